The number of carbonyl (C=O) groups excluding carboxylic acids is 1. The molecule has 4 aliphatic carbocycles. The van der Waals surface area contributed by atoms with Crippen LogP contribution in [0.25, 0.3) is 0 Å². The van der Waals surface area contributed by atoms with E-state index in [1.165, 1.54) is 51.9 Å². The van der Waals surface area contributed by atoms with Gasteiger partial charge in [-0.2, -0.15) is 0 Å². The number of fused-ring (bicyclic) bond motifs is 5. The molecule has 4 rings (SSSR count). The zero-order chi connectivity index (χ0) is 30.9. The average Bonchev–Trinajstić information content (AvgIpc) is 3.24. The summed E-state index contributed by atoms with van der Waals surface area (Å²) in [7, 11) is -1.11. The number of hydrogen-bond acceptors (Lipinski definition) is 5. The van der Waals surface area contributed by atoms with Crippen molar-refractivity contribution in [1.82, 2.24) is 0 Å². The predicted molar refractivity (Wildman–Crippen MR) is 174 cm³/mol. The second kappa shape index (κ2) is 13.5. The molecular weight excluding hydrogens is 540 g/mol. The third kappa shape index (κ3) is 7.18. The van der Waals surface area contributed by atoms with Crippen LogP contribution in [0.4, 0.5) is 0 Å². The van der Waals surface area contributed by atoms with Gasteiger partial charge in [-0.25, -0.2) is 0 Å². The molecule has 0 saturated heterocycles. The van der Waals surface area contributed by atoms with Crippen molar-refractivity contribution in [2.24, 2.45) is 52.3 Å². The molecular formula is C36H66O5Si. The van der Waals surface area contributed by atoms with E-state index >= 15 is 0 Å². The number of esters is 1. The lowest BCUT2D eigenvalue weighted by Crippen LogP contribution is -2.69. The van der Waals surface area contributed by atoms with Gasteiger partial charge in [0.15, 0.2) is 0 Å². The third-order valence-electron chi connectivity index (χ3n) is 13.0. The summed E-state index contributed by atoms with van der Waals surface area (Å²) in [6.07, 6.45) is 12.2. The Bertz CT molecular complexity index is 902. The fraction of sp³-hybridized carbons (Fsp3) is 0.972. The summed E-state index contributed by atoms with van der Waals surface area (Å²) in [5.41, 5.74) is -0.866. The van der Waals surface area contributed by atoms with Crippen LogP contribution >= 0.6 is 0 Å². The lowest BCUT2D eigenvalue weighted by molar-refractivity contribution is -0.268. The normalized spacial score (nSPS) is 40.7. The zero-order valence-electron chi connectivity index (χ0n) is 28.8. The third-order valence-corrected chi connectivity index (χ3v) is 14.7. The molecule has 0 radical (unpaired) electrons. The zero-order valence-corrected chi connectivity index (χ0v) is 29.8. The van der Waals surface area contributed by atoms with Gasteiger partial charge in [-0.15, -0.1) is 0 Å². The molecule has 4 fully saturated rings. The van der Waals surface area contributed by atoms with Gasteiger partial charge in [0, 0.05) is 27.0 Å². The SMILES string of the molecule is CC(=O)O[C@@H]1C[C@H]2[C@@H]3CC[C@H]([C@H](C)CCCC(C)C)[C@@]3(C)CC[C@@H]2[C@@]2(C)CC[C@H](COCOCC[Si](C)(C)C)C[C@]12O. The Morgan fingerprint density at radius 3 is 2.38 bits per heavy atom. The molecule has 0 aromatic rings. The van der Waals surface area contributed by atoms with Crippen LogP contribution in [0.3, 0.4) is 0 Å². The second-order valence-electron chi connectivity index (χ2n) is 17.4. The molecule has 0 amide bonds. The summed E-state index contributed by atoms with van der Waals surface area (Å²) in [5.74, 6) is 4.03. The maximum absolute atomic E-state index is 12.6. The molecule has 1 N–H and O–H groups in total. The highest BCUT2D eigenvalue weighted by atomic mass is 28.3. The van der Waals surface area contributed by atoms with Gasteiger partial charge in [0.05, 0.1) is 6.61 Å². The van der Waals surface area contributed by atoms with Crippen LogP contribution in [0, 0.1) is 52.3 Å². The average molecular weight is 607 g/mol. The Morgan fingerprint density at radius 2 is 1.71 bits per heavy atom. The van der Waals surface area contributed by atoms with Crippen molar-refractivity contribution in [3.8, 4) is 0 Å². The molecule has 0 bridgehead atoms. The number of aliphatic hydroxyl groups is 1. The number of ether oxygens (including phenoxy) is 3. The fourth-order valence-corrected chi connectivity index (χ4v) is 11.3. The molecule has 42 heavy (non-hydrogen) atoms. The Hall–Kier alpha value is -0.433. The molecule has 0 spiro atoms. The van der Waals surface area contributed by atoms with Crippen LogP contribution in [0.5, 0.6) is 0 Å². The molecule has 0 aromatic carbocycles. The summed E-state index contributed by atoms with van der Waals surface area (Å²) in [6, 6.07) is 1.14. The first-order valence-corrected chi connectivity index (χ1v) is 21.4. The van der Waals surface area contributed by atoms with Crippen LogP contribution in [0.15, 0.2) is 0 Å². The van der Waals surface area contributed by atoms with Crippen molar-refractivity contribution in [3.05, 3.63) is 0 Å². The number of carbonyl (C=O) groups is 1. The fourth-order valence-electron chi connectivity index (χ4n) is 10.6. The summed E-state index contributed by atoms with van der Waals surface area (Å²) in [6.45, 7) is 22.4. The highest BCUT2D eigenvalue weighted by Gasteiger charge is 2.68. The summed E-state index contributed by atoms with van der Waals surface area (Å²) in [5, 5.41) is 12.6. The van der Waals surface area contributed by atoms with Gasteiger partial charge >= 0.3 is 5.97 Å². The maximum Gasteiger partial charge on any atom is 0.303 e. The lowest BCUT2D eigenvalue weighted by atomic mass is 9.41. The van der Waals surface area contributed by atoms with Gasteiger partial charge in [-0.3, -0.25) is 4.79 Å². The molecule has 0 aromatic heterocycles. The van der Waals surface area contributed by atoms with Crippen molar-refractivity contribution in [2.45, 2.75) is 150 Å². The molecule has 5 nitrogen and oxygen atoms in total. The molecule has 0 unspecified atom stereocenters. The highest BCUT2D eigenvalue weighted by Crippen LogP contribution is 2.70. The van der Waals surface area contributed by atoms with E-state index in [4.69, 9.17) is 14.2 Å². The summed E-state index contributed by atoms with van der Waals surface area (Å²) >= 11 is 0. The van der Waals surface area contributed by atoms with Crippen molar-refractivity contribution >= 4 is 14.0 Å². The Morgan fingerprint density at radius 1 is 0.976 bits per heavy atom. The van der Waals surface area contributed by atoms with E-state index in [0.717, 1.165) is 49.7 Å². The monoisotopic (exact) mass is 606 g/mol. The van der Waals surface area contributed by atoms with E-state index in [1.54, 1.807) is 0 Å². The standard InChI is InChI=1S/C36H66O5Si/c1-25(2)11-10-12-26(3)30-13-14-31-29-21-33(41-27(4)37)36(38)22-28(23-40-24-39-19-20-42(7,8)9)15-18-35(36,6)32(29)16-17-34(30,31)5/h25-26,28-33,38H,10-24H2,1-9H3/t26-,28+,29+,30-,31+,32+,33-,34-,35-,36+/m1/s1. The van der Waals surface area contributed by atoms with Crippen LogP contribution in [0.1, 0.15) is 112 Å². The lowest BCUT2D eigenvalue weighted by Gasteiger charge is -2.66. The molecule has 4 aliphatic rings. The van der Waals surface area contributed by atoms with Gasteiger partial charge in [0.25, 0.3) is 0 Å². The van der Waals surface area contributed by atoms with Crippen molar-refractivity contribution in [2.75, 3.05) is 20.0 Å². The quantitative estimate of drug-likeness (QED) is 0.0983. The highest BCUT2D eigenvalue weighted by molar-refractivity contribution is 6.76. The Balaban J connectivity index is 1.45. The minimum Gasteiger partial charge on any atom is -0.459 e. The predicted octanol–water partition coefficient (Wildman–Crippen LogP) is 8.71. The smallest absolute Gasteiger partial charge is 0.303 e. The molecule has 10 atom stereocenters. The largest absolute Gasteiger partial charge is 0.459 e. The molecule has 0 heterocycles. The van der Waals surface area contributed by atoms with Gasteiger partial charge in [0.1, 0.15) is 18.5 Å². The molecule has 244 valence electrons. The van der Waals surface area contributed by atoms with E-state index in [-0.39, 0.29) is 17.3 Å². The number of rotatable bonds is 13. The molecule has 6 heteroatoms. The van der Waals surface area contributed by atoms with Crippen molar-refractivity contribution in [3.63, 3.8) is 0 Å². The summed E-state index contributed by atoms with van der Waals surface area (Å²) < 4.78 is 17.9. The minimum absolute atomic E-state index is 0.233. The van der Waals surface area contributed by atoms with Gasteiger partial charge in [0.2, 0.25) is 0 Å². The first-order chi connectivity index (χ1) is 19.6. The van der Waals surface area contributed by atoms with Gasteiger partial charge in [-0.05, 0) is 104 Å². The second-order valence-corrected chi connectivity index (χ2v) is 23.0. The van der Waals surface area contributed by atoms with E-state index in [2.05, 4.69) is 54.3 Å². The van der Waals surface area contributed by atoms with Crippen molar-refractivity contribution < 1.29 is 24.1 Å². The van der Waals surface area contributed by atoms with Crippen LogP contribution < -0.4 is 0 Å². The Kier molecular flexibility index (Phi) is 11.1. The maximum atomic E-state index is 12.6. The van der Waals surface area contributed by atoms with Crippen LogP contribution in [-0.4, -0.2) is 50.9 Å². The minimum atomic E-state index is -1.11. The van der Waals surface area contributed by atoms with E-state index in [0.29, 0.717) is 43.0 Å². The van der Waals surface area contributed by atoms with Gasteiger partial charge < -0.3 is 19.3 Å². The first-order valence-electron chi connectivity index (χ1n) is 17.7. The topological polar surface area (TPSA) is 65.0 Å². The first kappa shape index (κ1) is 34.4. The molecule has 0 aliphatic heterocycles. The van der Waals surface area contributed by atoms with Crippen LogP contribution in [-0.2, 0) is 19.0 Å². The van der Waals surface area contributed by atoms with E-state index < -0.39 is 19.8 Å². The van der Waals surface area contributed by atoms with E-state index in [1.807, 2.05) is 0 Å². The number of hydrogen-bond donors (Lipinski definition) is 1. The van der Waals surface area contributed by atoms with Crippen molar-refractivity contribution in [1.29, 1.82) is 0 Å². The van der Waals surface area contributed by atoms with Crippen LogP contribution in [0.2, 0.25) is 25.7 Å². The Labute approximate surface area is 259 Å². The van der Waals surface area contributed by atoms with E-state index in [9.17, 15) is 9.90 Å². The van der Waals surface area contributed by atoms with Gasteiger partial charge in [-0.1, -0.05) is 73.5 Å². The summed E-state index contributed by atoms with van der Waals surface area (Å²) in [4.78, 5) is 12.4. The molecule has 4 saturated carbocycles.